The largest absolute Gasteiger partial charge is 0.333 e. The standard InChI is InChI=1S/C10H14.CH5N/c1-3-9-7-5-6-8-10(9)4-2;1-2/h5-8H,3-4H2,1-2H3;2H2,1H3. The second-order valence-electron chi connectivity index (χ2n) is 2.48. The van der Waals surface area contributed by atoms with Gasteiger partial charge in [-0.25, -0.2) is 0 Å². The summed E-state index contributed by atoms with van der Waals surface area (Å²) in [5.41, 5.74) is 7.48. The third-order valence-electron chi connectivity index (χ3n) is 1.88. The van der Waals surface area contributed by atoms with Gasteiger partial charge in [0, 0.05) is 0 Å². The van der Waals surface area contributed by atoms with Crippen LogP contribution in [0.15, 0.2) is 24.3 Å². The molecule has 1 rings (SSSR count). The van der Waals surface area contributed by atoms with E-state index in [2.05, 4.69) is 43.8 Å². The molecule has 1 aromatic carbocycles. The molecular weight excluding hydrogens is 146 g/mol. The number of hydrogen-bond donors (Lipinski definition) is 1. The van der Waals surface area contributed by atoms with Gasteiger partial charge in [0.2, 0.25) is 0 Å². The normalized spacial score (nSPS) is 8.67. The highest BCUT2D eigenvalue weighted by atomic mass is 14.4. The molecule has 0 spiro atoms. The van der Waals surface area contributed by atoms with Crippen molar-refractivity contribution in [3.8, 4) is 0 Å². The highest BCUT2D eigenvalue weighted by Gasteiger charge is 1.93. The molecular formula is C11H19N. The zero-order chi connectivity index (χ0) is 9.40. The zero-order valence-corrected chi connectivity index (χ0v) is 8.30. The molecule has 0 radical (unpaired) electrons. The Morgan fingerprint density at radius 2 is 1.25 bits per heavy atom. The van der Waals surface area contributed by atoms with Gasteiger partial charge in [0.05, 0.1) is 0 Å². The summed E-state index contributed by atoms with van der Waals surface area (Å²) < 4.78 is 0. The third kappa shape index (κ3) is 3.05. The minimum absolute atomic E-state index is 1.16. The molecule has 0 heterocycles. The maximum absolute atomic E-state index is 4.50. The molecule has 0 aromatic heterocycles. The molecule has 0 unspecified atom stereocenters. The Hall–Kier alpha value is -0.820. The Morgan fingerprint density at radius 3 is 1.50 bits per heavy atom. The SMILES string of the molecule is CCc1ccccc1CC.CN. The first-order valence-corrected chi connectivity index (χ1v) is 4.53. The topological polar surface area (TPSA) is 26.0 Å². The molecule has 0 saturated heterocycles. The fourth-order valence-corrected chi connectivity index (χ4v) is 1.25. The van der Waals surface area contributed by atoms with Crippen LogP contribution in [-0.4, -0.2) is 7.05 Å². The van der Waals surface area contributed by atoms with E-state index in [1.165, 1.54) is 18.2 Å². The molecule has 0 aliphatic rings. The van der Waals surface area contributed by atoms with Crippen LogP contribution in [0.5, 0.6) is 0 Å². The molecule has 0 aliphatic heterocycles. The van der Waals surface area contributed by atoms with Crippen LogP contribution in [0.4, 0.5) is 0 Å². The van der Waals surface area contributed by atoms with Crippen molar-refractivity contribution in [1.82, 2.24) is 0 Å². The summed E-state index contributed by atoms with van der Waals surface area (Å²) in [5.74, 6) is 0. The summed E-state index contributed by atoms with van der Waals surface area (Å²) in [6.45, 7) is 4.41. The van der Waals surface area contributed by atoms with E-state index < -0.39 is 0 Å². The first kappa shape index (κ1) is 11.2. The minimum atomic E-state index is 1.16. The summed E-state index contributed by atoms with van der Waals surface area (Å²) in [6.07, 6.45) is 2.31. The van der Waals surface area contributed by atoms with Gasteiger partial charge in [0.15, 0.2) is 0 Å². The zero-order valence-electron chi connectivity index (χ0n) is 8.30. The predicted molar refractivity (Wildman–Crippen MR) is 55.3 cm³/mol. The van der Waals surface area contributed by atoms with Crippen LogP contribution in [0.25, 0.3) is 0 Å². The predicted octanol–water partition coefficient (Wildman–Crippen LogP) is 2.39. The van der Waals surface area contributed by atoms with Crippen molar-refractivity contribution in [3.05, 3.63) is 35.4 Å². The highest BCUT2D eigenvalue weighted by molar-refractivity contribution is 5.26. The van der Waals surface area contributed by atoms with Gasteiger partial charge in [-0.2, -0.15) is 0 Å². The van der Waals surface area contributed by atoms with Gasteiger partial charge < -0.3 is 5.73 Å². The fourth-order valence-electron chi connectivity index (χ4n) is 1.25. The lowest BCUT2D eigenvalue weighted by Crippen LogP contribution is -1.88. The van der Waals surface area contributed by atoms with Gasteiger partial charge in [-0.1, -0.05) is 38.1 Å². The van der Waals surface area contributed by atoms with Gasteiger partial charge in [0.25, 0.3) is 0 Å². The number of nitrogens with two attached hydrogens (primary N) is 1. The van der Waals surface area contributed by atoms with Gasteiger partial charge in [0.1, 0.15) is 0 Å². The van der Waals surface area contributed by atoms with Crippen LogP contribution < -0.4 is 5.73 Å². The molecule has 0 aliphatic carbocycles. The average molecular weight is 165 g/mol. The van der Waals surface area contributed by atoms with Gasteiger partial charge in [-0.3, -0.25) is 0 Å². The van der Waals surface area contributed by atoms with Gasteiger partial charge in [-0.05, 0) is 31.0 Å². The van der Waals surface area contributed by atoms with Crippen LogP contribution in [0, 0.1) is 0 Å². The first-order chi connectivity index (χ1) is 5.88. The Bertz CT molecular complexity index is 183. The van der Waals surface area contributed by atoms with Crippen molar-refractivity contribution in [1.29, 1.82) is 0 Å². The van der Waals surface area contributed by atoms with Crippen molar-refractivity contribution < 1.29 is 0 Å². The lowest BCUT2D eigenvalue weighted by molar-refractivity contribution is 1.04. The van der Waals surface area contributed by atoms with E-state index in [4.69, 9.17) is 0 Å². The highest BCUT2D eigenvalue weighted by Crippen LogP contribution is 2.08. The Kier molecular flexibility index (Phi) is 6.39. The van der Waals surface area contributed by atoms with Crippen LogP contribution >= 0.6 is 0 Å². The monoisotopic (exact) mass is 165 g/mol. The second-order valence-corrected chi connectivity index (χ2v) is 2.48. The third-order valence-corrected chi connectivity index (χ3v) is 1.88. The van der Waals surface area contributed by atoms with Crippen molar-refractivity contribution >= 4 is 0 Å². The quantitative estimate of drug-likeness (QED) is 0.715. The molecule has 0 fully saturated rings. The minimum Gasteiger partial charge on any atom is -0.333 e. The summed E-state index contributed by atoms with van der Waals surface area (Å²) in [4.78, 5) is 0. The number of rotatable bonds is 2. The lowest BCUT2D eigenvalue weighted by Gasteiger charge is -2.02. The summed E-state index contributed by atoms with van der Waals surface area (Å²) in [7, 11) is 1.50. The Balaban J connectivity index is 0.000000561. The summed E-state index contributed by atoms with van der Waals surface area (Å²) >= 11 is 0. The van der Waals surface area contributed by atoms with E-state index in [1.54, 1.807) is 0 Å². The van der Waals surface area contributed by atoms with E-state index in [1.807, 2.05) is 0 Å². The van der Waals surface area contributed by atoms with E-state index in [0.29, 0.717) is 0 Å². The van der Waals surface area contributed by atoms with Crippen LogP contribution in [0.1, 0.15) is 25.0 Å². The van der Waals surface area contributed by atoms with Crippen molar-refractivity contribution in [2.45, 2.75) is 26.7 Å². The van der Waals surface area contributed by atoms with E-state index in [-0.39, 0.29) is 0 Å². The van der Waals surface area contributed by atoms with Crippen LogP contribution in [0.2, 0.25) is 0 Å². The van der Waals surface area contributed by atoms with Crippen LogP contribution in [-0.2, 0) is 12.8 Å². The molecule has 1 nitrogen and oxygen atoms in total. The number of benzene rings is 1. The maximum Gasteiger partial charge on any atom is -0.0195 e. The molecule has 2 N–H and O–H groups in total. The molecule has 1 heteroatoms. The van der Waals surface area contributed by atoms with Crippen molar-refractivity contribution in [2.24, 2.45) is 5.73 Å². The molecule has 1 aromatic rings. The fraction of sp³-hybridized carbons (Fsp3) is 0.455. The summed E-state index contributed by atoms with van der Waals surface area (Å²) in [6, 6.07) is 8.63. The van der Waals surface area contributed by atoms with E-state index >= 15 is 0 Å². The van der Waals surface area contributed by atoms with Gasteiger partial charge in [-0.15, -0.1) is 0 Å². The smallest absolute Gasteiger partial charge is 0.0195 e. The van der Waals surface area contributed by atoms with Crippen LogP contribution in [0.3, 0.4) is 0 Å². The Labute approximate surface area is 75.6 Å². The van der Waals surface area contributed by atoms with Crippen molar-refractivity contribution in [2.75, 3.05) is 7.05 Å². The van der Waals surface area contributed by atoms with Gasteiger partial charge >= 0.3 is 0 Å². The second kappa shape index (κ2) is 6.86. The molecule has 12 heavy (non-hydrogen) atoms. The molecule has 0 atom stereocenters. The average Bonchev–Trinajstić information content (AvgIpc) is 2.20. The molecule has 0 bridgehead atoms. The molecule has 0 amide bonds. The Morgan fingerprint density at radius 1 is 0.917 bits per heavy atom. The summed E-state index contributed by atoms with van der Waals surface area (Å²) in [5, 5.41) is 0. The molecule has 68 valence electrons. The molecule has 0 saturated carbocycles. The van der Waals surface area contributed by atoms with E-state index in [0.717, 1.165) is 12.8 Å². The number of hydrogen-bond acceptors (Lipinski definition) is 1. The maximum atomic E-state index is 4.50. The number of aryl methyl sites for hydroxylation is 2. The first-order valence-electron chi connectivity index (χ1n) is 4.53. The van der Waals surface area contributed by atoms with E-state index in [9.17, 15) is 0 Å². The lowest BCUT2D eigenvalue weighted by atomic mass is 10.0. The van der Waals surface area contributed by atoms with Crippen molar-refractivity contribution in [3.63, 3.8) is 0 Å².